The lowest BCUT2D eigenvalue weighted by atomic mass is 9.96. The molecule has 2 fully saturated rings. The highest BCUT2D eigenvalue weighted by Gasteiger charge is 2.31. The van der Waals surface area contributed by atoms with Crippen molar-refractivity contribution < 1.29 is 18.8 Å². The molecule has 0 saturated carbocycles. The molecule has 0 radical (unpaired) electrons. The molecule has 2 aliphatic heterocycles. The quantitative estimate of drug-likeness (QED) is 0.703. The Kier molecular flexibility index (Phi) is 6.83. The number of piperidine rings is 2. The van der Waals surface area contributed by atoms with E-state index in [-0.39, 0.29) is 24.3 Å². The molecule has 32 heavy (non-hydrogen) atoms. The Bertz CT molecular complexity index is 983. The predicted octanol–water partition coefficient (Wildman–Crippen LogP) is 2.87. The van der Waals surface area contributed by atoms with E-state index in [1.807, 2.05) is 11.8 Å². The SMILES string of the molecule is COCc1c(C(=O)N2CCC[C@@H](c3ncc(C(=O)N4CCCCC4)c(C)n3)C2)noc1C. The minimum Gasteiger partial charge on any atom is -0.380 e. The highest BCUT2D eigenvalue weighted by molar-refractivity contribution is 5.95. The van der Waals surface area contributed by atoms with Crippen molar-refractivity contribution in [3.05, 3.63) is 40.3 Å². The second kappa shape index (κ2) is 9.77. The van der Waals surface area contributed by atoms with E-state index < -0.39 is 0 Å². The first-order valence-corrected chi connectivity index (χ1v) is 11.4. The molecule has 2 aromatic heterocycles. The topological polar surface area (TPSA) is 102 Å². The van der Waals surface area contributed by atoms with Crippen LogP contribution in [0.3, 0.4) is 0 Å². The maximum atomic E-state index is 13.1. The molecule has 0 aromatic carbocycles. The van der Waals surface area contributed by atoms with Gasteiger partial charge in [0.1, 0.15) is 11.6 Å². The lowest BCUT2D eigenvalue weighted by Gasteiger charge is -2.32. The standard InChI is InChI=1S/C23H31N5O4/c1-15-18(22(29)27-9-5-4-6-10-27)12-24-21(25-15)17-8-7-11-28(13-17)23(30)20-19(14-31-3)16(2)32-26-20/h12,17H,4-11,13-14H2,1-3H3/t17-/m1/s1. The summed E-state index contributed by atoms with van der Waals surface area (Å²) < 4.78 is 10.4. The summed E-state index contributed by atoms with van der Waals surface area (Å²) in [6.07, 6.45) is 6.68. The number of ether oxygens (including phenoxy) is 1. The van der Waals surface area contributed by atoms with E-state index in [1.165, 1.54) is 6.42 Å². The Morgan fingerprint density at radius 2 is 1.84 bits per heavy atom. The zero-order valence-electron chi connectivity index (χ0n) is 19.1. The summed E-state index contributed by atoms with van der Waals surface area (Å²) in [6, 6.07) is 0. The third-order valence-corrected chi connectivity index (χ3v) is 6.42. The fourth-order valence-electron chi connectivity index (χ4n) is 4.55. The maximum Gasteiger partial charge on any atom is 0.276 e. The summed E-state index contributed by atoms with van der Waals surface area (Å²) in [5.74, 6) is 1.15. The van der Waals surface area contributed by atoms with Gasteiger partial charge in [0.15, 0.2) is 5.69 Å². The van der Waals surface area contributed by atoms with Gasteiger partial charge in [-0.15, -0.1) is 0 Å². The van der Waals surface area contributed by atoms with Crippen LogP contribution in [0.5, 0.6) is 0 Å². The second-order valence-electron chi connectivity index (χ2n) is 8.67. The average Bonchev–Trinajstić information content (AvgIpc) is 3.19. The third-order valence-electron chi connectivity index (χ3n) is 6.42. The second-order valence-corrected chi connectivity index (χ2v) is 8.67. The number of aromatic nitrogens is 3. The van der Waals surface area contributed by atoms with E-state index >= 15 is 0 Å². The van der Waals surface area contributed by atoms with Crippen molar-refractivity contribution >= 4 is 11.8 Å². The molecule has 0 aliphatic carbocycles. The number of likely N-dealkylation sites (tertiary alicyclic amines) is 2. The van der Waals surface area contributed by atoms with Gasteiger partial charge < -0.3 is 19.1 Å². The fourth-order valence-corrected chi connectivity index (χ4v) is 4.55. The van der Waals surface area contributed by atoms with E-state index in [9.17, 15) is 9.59 Å². The first-order valence-electron chi connectivity index (χ1n) is 11.4. The third kappa shape index (κ3) is 4.53. The van der Waals surface area contributed by atoms with Gasteiger partial charge in [0.25, 0.3) is 11.8 Å². The molecular formula is C23H31N5O4. The molecule has 4 rings (SSSR count). The molecule has 2 saturated heterocycles. The van der Waals surface area contributed by atoms with Crippen LogP contribution in [0.15, 0.2) is 10.7 Å². The smallest absolute Gasteiger partial charge is 0.276 e. The van der Waals surface area contributed by atoms with E-state index in [4.69, 9.17) is 9.26 Å². The Hall–Kier alpha value is -2.81. The van der Waals surface area contributed by atoms with Crippen molar-refractivity contribution in [1.29, 1.82) is 0 Å². The van der Waals surface area contributed by atoms with E-state index in [2.05, 4.69) is 15.1 Å². The Morgan fingerprint density at radius 3 is 2.56 bits per heavy atom. The lowest BCUT2D eigenvalue weighted by Crippen LogP contribution is -2.40. The van der Waals surface area contributed by atoms with Gasteiger partial charge in [-0.25, -0.2) is 9.97 Å². The molecule has 9 heteroatoms. The highest BCUT2D eigenvalue weighted by Crippen LogP contribution is 2.27. The molecule has 172 valence electrons. The van der Waals surface area contributed by atoms with Gasteiger partial charge in [0.05, 0.1) is 23.4 Å². The number of methoxy groups -OCH3 is 1. The van der Waals surface area contributed by atoms with Crippen molar-refractivity contribution in [3.63, 3.8) is 0 Å². The minimum atomic E-state index is -0.160. The monoisotopic (exact) mass is 441 g/mol. The van der Waals surface area contributed by atoms with E-state index in [0.29, 0.717) is 47.2 Å². The number of aryl methyl sites for hydroxylation is 2. The van der Waals surface area contributed by atoms with Crippen LogP contribution in [0.2, 0.25) is 0 Å². The van der Waals surface area contributed by atoms with E-state index in [0.717, 1.165) is 38.8 Å². The first kappa shape index (κ1) is 22.4. The van der Waals surface area contributed by atoms with Gasteiger partial charge in [-0.05, 0) is 46.0 Å². The van der Waals surface area contributed by atoms with Gasteiger partial charge in [-0.1, -0.05) is 5.16 Å². The molecule has 2 aromatic rings. The summed E-state index contributed by atoms with van der Waals surface area (Å²) in [5.41, 5.74) is 2.27. The zero-order chi connectivity index (χ0) is 22.7. The molecule has 9 nitrogen and oxygen atoms in total. The normalized spacial score (nSPS) is 19.3. The summed E-state index contributed by atoms with van der Waals surface area (Å²) in [4.78, 5) is 38.9. The van der Waals surface area contributed by atoms with Crippen molar-refractivity contribution in [2.24, 2.45) is 0 Å². The Balaban J connectivity index is 1.48. The average molecular weight is 442 g/mol. The molecule has 4 heterocycles. The number of hydrogen-bond donors (Lipinski definition) is 0. The van der Waals surface area contributed by atoms with Gasteiger partial charge in [0, 0.05) is 45.4 Å². The number of hydrogen-bond acceptors (Lipinski definition) is 7. The zero-order valence-corrected chi connectivity index (χ0v) is 19.1. The number of carbonyl (C=O) groups excluding carboxylic acids is 2. The first-order chi connectivity index (χ1) is 15.5. The van der Waals surface area contributed by atoms with Crippen molar-refractivity contribution in [2.45, 2.75) is 58.5 Å². The van der Waals surface area contributed by atoms with Crippen molar-refractivity contribution in [2.75, 3.05) is 33.3 Å². The van der Waals surface area contributed by atoms with Crippen LogP contribution >= 0.6 is 0 Å². The molecule has 2 amide bonds. The van der Waals surface area contributed by atoms with Crippen LogP contribution in [-0.2, 0) is 11.3 Å². The number of amides is 2. The van der Waals surface area contributed by atoms with Crippen molar-refractivity contribution in [1.82, 2.24) is 24.9 Å². The van der Waals surface area contributed by atoms with Crippen LogP contribution in [0.1, 0.15) is 81.7 Å². The lowest BCUT2D eigenvalue weighted by molar-refractivity contribution is 0.0689. The molecule has 0 unspecified atom stereocenters. The maximum absolute atomic E-state index is 13.1. The predicted molar refractivity (Wildman–Crippen MR) is 116 cm³/mol. The summed E-state index contributed by atoms with van der Waals surface area (Å²) >= 11 is 0. The van der Waals surface area contributed by atoms with Crippen molar-refractivity contribution in [3.8, 4) is 0 Å². The van der Waals surface area contributed by atoms with Crippen LogP contribution in [0, 0.1) is 13.8 Å². The van der Waals surface area contributed by atoms with Crippen LogP contribution in [0.25, 0.3) is 0 Å². The van der Waals surface area contributed by atoms with Crippen LogP contribution < -0.4 is 0 Å². The minimum absolute atomic E-state index is 0.0151. The molecule has 0 N–H and O–H groups in total. The Labute approximate surface area is 188 Å². The molecule has 2 aliphatic rings. The van der Waals surface area contributed by atoms with Crippen LogP contribution in [0.4, 0.5) is 0 Å². The summed E-state index contributed by atoms with van der Waals surface area (Å²) in [6.45, 7) is 6.68. The van der Waals surface area contributed by atoms with Crippen LogP contribution in [-0.4, -0.2) is 70.0 Å². The van der Waals surface area contributed by atoms with Gasteiger partial charge in [-0.3, -0.25) is 9.59 Å². The Morgan fingerprint density at radius 1 is 1.09 bits per heavy atom. The molecule has 0 bridgehead atoms. The van der Waals surface area contributed by atoms with Gasteiger partial charge in [-0.2, -0.15) is 0 Å². The molecule has 0 spiro atoms. The molecule has 1 atom stereocenters. The largest absolute Gasteiger partial charge is 0.380 e. The number of carbonyl (C=O) groups is 2. The summed E-state index contributed by atoms with van der Waals surface area (Å²) in [5, 5.41) is 3.98. The number of rotatable bonds is 5. The van der Waals surface area contributed by atoms with Gasteiger partial charge >= 0.3 is 0 Å². The number of nitrogens with zero attached hydrogens (tertiary/aromatic N) is 5. The molecular weight excluding hydrogens is 410 g/mol. The highest BCUT2D eigenvalue weighted by atomic mass is 16.5. The fraction of sp³-hybridized carbons (Fsp3) is 0.609. The summed E-state index contributed by atoms with van der Waals surface area (Å²) in [7, 11) is 1.58. The van der Waals surface area contributed by atoms with E-state index in [1.54, 1.807) is 25.1 Å². The van der Waals surface area contributed by atoms with Gasteiger partial charge in [0.2, 0.25) is 0 Å².